The van der Waals surface area contributed by atoms with Gasteiger partial charge in [0.25, 0.3) is 0 Å². The summed E-state index contributed by atoms with van der Waals surface area (Å²) in [6, 6.07) is 10.3. The highest BCUT2D eigenvalue weighted by Crippen LogP contribution is 2.37. The second-order valence-corrected chi connectivity index (χ2v) is 4.04. The summed E-state index contributed by atoms with van der Waals surface area (Å²) in [6.45, 7) is 1.41. The van der Waals surface area contributed by atoms with Crippen molar-refractivity contribution in [1.29, 1.82) is 0 Å². The minimum atomic E-state index is -4.47. The summed E-state index contributed by atoms with van der Waals surface area (Å²) in [6.07, 6.45) is -3.16. The van der Waals surface area contributed by atoms with Gasteiger partial charge in [-0.2, -0.15) is 13.2 Å². The molecule has 2 nitrogen and oxygen atoms in total. The lowest BCUT2D eigenvalue weighted by Gasteiger charge is -2.15. The molecular weight excluding hydrogens is 255 g/mol. The van der Waals surface area contributed by atoms with E-state index in [4.69, 9.17) is 4.74 Å². The number of nitrogens with zero attached hydrogens (tertiary/aromatic N) is 1. The Hall–Kier alpha value is -2.04. The quantitative estimate of drug-likeness (QED) is 0.839. The molecule has 0 atom stereocenters. The first-order chi connectivity index (χ1) is 8.98. The molecule has 100 valence electrons. The van der Waals surface area contributed by atoms with E-state index in [1.807, 2.05) is 6.07 Å². The van der Waals surface area contributed by atoms with Crippen LogP contribution < -0.4 is 4.74 Å². The number of hydrogen-bond acceptors (Lipinski definition) is 2. The van der Waals surface area contributed by atoms with Gasteiger partial charge in [0.15, 0.2) is 0 Å². The van der Waals surface area contributed by atoms with Crippen molar-refractivity contribution in [3.8, 4) is 5.75 Å². The van der Waals surface area contributed by atoms with Crippen LogP contribution in [0.1, 0.15) is 16.8 Å². The average molecular weight is 267 g/mol. The van der Waals surface area contributed by atoms with Crippen molar-refractivity contribution in [2.75, 3.05) is 0 Å². The molecule has 19 heavy (non-hydrogen) atoms. The van der Waals surface area contributed by atoms with Gasteiger partial charge in [-0.3, -0.25) is 4.98 Å². The molecule has 0 aliphatic rings. The first-order valence-electron chi connectivity index (χ1n) is 5.68. The van der Waals surface area contributed by atoms with Crippen LogP contribution in [0.15, 0.2) is 42.6 Å². The first kappa shape index (κ1) is 13.4. The fourth-order valence-electron chi connectivity index (χ4n) is 1.74. The SMILES string of the molecule is Cc1nccc(OCc2ccccc2)c1C(F)(F)F. The van der Waals surface area contributed by atoms with Gasteiger partial charge in [-0.1, -0.05) is 30.3 Å². The Bertz CT molecular complexity index is 552. The molecule has 0 N–H and O–H groups in total. The number of aryl methyl sites for hydroxylation is 1. The van der Waals surface area contributed by atoms with Gasteiger partial charge in [0.05, 0.1) is 5.69 Å². The lowest BCUT2D eigenvalue weighted by Crippen LogP contribution is -2.12. The van der Waals surface area contributed by atoms with Gasteiger partial charge in [0.1, 0.15) is 17.9 Å². The highest BCUT2D eigenvalue weighted by Gasteiger charge is 2.36. The average Bonchev–Trinajstić information content (AvgIpc) is 2.36. The number of ether oxygens (including phenoxy) is 1. The van der Waals surface area contributed by atoms with Gasteiger partial charge in [0, 0.05) is 6.20 Å². The Labute approximate surface area is 108 Å². The molecule has 1 heterocycles. The fourth-order valence-corrected chi connectivity index (χ4v) is 1.74. The fraction of sp³-hybridized carbons (Fsp3) is 0.214. The smallest absolute Gasteiger partial charge is 0.421 e. The Morgan fingerprint density at radius 3 is 2.42 bits per heavy atom. The monoisotopic (exact) mass is 267 g/mol. The molecule has 0 saturated heterocycles. The number of rotatable bonds is 3. The number of hydrogen-bond donors (Lipinski definition) is 0. The summed E-state index contributed by atoms with van der Waals surface area (Å²) in [7, 11) is 0. The summed E-state index contributed by atoms with van der Waals surface area (Å²) >= 11 is 0. The van der Waals surface area contributed by atoms with Crippen molar-refractivity contribution < 1.29 is 17.9 Å². The Balaban J connectivity index is 2.24. The third-order valence-electron chi connectivity index (χ3n) is 2.62. The maximum atomic E-state index is 12.9. The molecule has 2 rings (SSSR count). The molecule has 5 heteroatoms. The molecular formula is C14H12F3NO. The predicted molar refractivity (Wildman–Crippen MR) is 64.8 cm³/mol. The summed E-state index contributed by atoms with van der Waals surface area (Å²) in [5.74, 6) is -0.191. The van der Waals surface area contributed by atoms with Gasteiger partial charge in [-0.25, -0.2) is 0 Å². The van der Waals surface area contributed by atoms with Gasteiger partial charge < -0.3 is 4.74 Å². The van der Waals surface area contributed by atoms with Gasteiger partial charge in [-0.05, 0) is 18.6 Å². The largest absolute Gasteiger partial charge is 0.488 e. The molecule has 0 saturated carbocycles. The Kier molecular flexibility index (Phi) is 3.74. The first-order valence-corrected chi connectivity index (χ1v) is 5.68. The molecule has 2 aromatic rings. The van der Waals surface area contributed by atoms with E-state index in [1.54, 1.807) is 24.3 Å². The van der Waals surface area contributed by atoms with E-state index >= 15 is 0 Å². The van der Waals surface area contributed by atoms with E-state index in [0.717, 1.165) is 5.56 Å². The molecule has 1 aromatic carbocycles. The van der Waals surface area contributed by atoms with Crippen LogP contribution in [-0.2, 0) is 12.8 Å². The molecule has 0 radical (unpaired) electrons. The number of alkyl halides is 3. The zero-order chi connectivity index (χ0) is 13.9. The lowest BCUT2D eigenvalue weighted by atomic mass is 10.1. The van der Waals surface area contributed by atoms with Crippen molar-refractivity contribution in [1.82, 2.24) is 4.98 Å². The Morgan fingerprint density at radius 2 is 1.79 bits per heavy atom. The van der Waals surface area contributed by atoms with Crippen molar-refractivity contribution in [3.63, 3.8) is 0 Å². The summed E-state index contributed by atoms with van der Waals surface area (Å²) < 4.78 is 44.0. The van der Waals surface area contributed by atoms with Crippen LogP contribution in [0.4, 0.5) is 13.2 Å². The lowest BCUT2D eigenvalue weighted by molar-refractivity contribution is -0.139. The van der Waals surface area contributed by atoms with Crippen LogP contribution in [0.2, 0.25) is 0 Å². The van der Waals surface area contributed by atoms with E-state index < -0.39 is 11.7 Å². The highest BCUT2D eigenvalue weighted by molar-refractivity contribution is 5.38. The minimum absolute atomic E-state index is 0.0851. The summed E-state index contributed by atoms with van der Waals surface area (Å²) in [4.78, 5) is 3.66. The van der Waals surface area contributed by atoms with Crippen LogP contribution >= 0.6 is 0 Å². The molecule has 0 aliphatic heterocycles. The van der Waals surface area contributed by atoms with E-state index in [1.165, 1.54) is 19.2 Å². The summed E-state index contributed by atoms with van der Waals surface area (Å²) in [5, 5.41) is 0. The molecule has 0 aliphatic carbocycles. The van der Waals surface area contributed by atoms with E-state index in [0.29, 0.717) is 0 Å². The zero-order valence-corrected chi connectivity index (χ0v) is 10.2. The van der Waals surface area contributed by atoms with Gasteiger partial charge >= 0.3 is 6.18 Å². The van der Waals surface area contributed by atoms with Crippen LogP contribution in [0.25, 0.3) is 0 Å². The second-order valence-electron chi connectivity index (χ2n) is 4.04. The van der Waals surface area contributed by atoms with E-state index in [2.05, 4.69) is 4.98 Å². The third-order valence-corrected chi connectivity index (χ3v) is 2.62. The molecule has 0 bridgehead atoms. The molecule has 0 fully saturated rings. The number of halogens is 3. The normalized spacial score (nSPS) is 11.4. The minimum Gasteiger partial charge on any atom is -0.488 e. The van der Waals surface area contributed by atoms with E-state index in [9.17, 15) is 13.2 Å². The van der Waals surface area contributed by atoms with Crippen LogP contribution in [0.5, 0.6) is 5.75 Å². The Morgan fingerprint density at radius 1 is 1.11 bits per heavy atom. The number of aromatic nitrogens is 1. The molecule has 1 aromatic heterocycles. The number of benzene rings is 1. The maximum absolute atomic E-state index is 12.9. The van der Waals surface area contributed by atoms with Crippen LogP contribution in [0.3, 0.4) is 0 Å². The molecule has 0 unspecified atom stereocenters. The van der Waals surface area contributed by atoms with Crippen molar-refractivity contribution in [3.05, 3.63) is 59.4 Å². The highest BCUT2D eigenvalue weighted by atomic mass is 19.4. The van der Waals surface area contributed by atoms with Crippen LogP contribution in [-0.4, -0.2) is 4.98 Å². The zero-order valence-electron chi connectivity index (χ0n) is 10.2. The molecule has 0 spiro atoms. The van der Waals surface area contributed by atoms with Crippen molar-refractivity contribution in [2.24, 2.45) is 0 Å². The standard InChI is InChI=1S/C14H12F3NO/c1-10-13(14(15,16)17)12(7-8-18-10)19-9-11-5-3-2-4-6-11/h2-8H,9H2,1H3. The second kappa shape index (κ2) is 5.30. The predicted octanol–water partition coefficient (Wildman–Crippen LogP) is 3.99. The van der Waals surface area contributed by atoms with Gasteiger partial charge in [0.2, 0.25) is 0 Å². The van der Waals surface area contributed by atoms with Crippen LogP contribution in [0, 0.1) is 6.92 Å². The topological polar surface area (TPSA) is 22.1 Å². The van der Waals surface area contributed by atoms with E-state index in [-0.39, 0.29) is 18.1 Å². The molecule has 0 amide bonds. The van der Waals surface area contributed by atoms with Gasteiger partial charge in [-0.15, -0.1) is 0 Å². The third kappa shape index (κ3) is 3.24. The van der Waals surface area contributed by atoms with Crippen molar-refractivity contribution >= 4 is 0 Å². The van der Waals surface area contributed by atoms with Crippen molar-refractivity contribution in [2.45, 2.75) is 19.7 Å². The number of pyridine rings is 1. The maximum Gasteiger partial charge on any atom is 0.421 e. The summed E-state index contributed by atoms with van der Waals surface area (Å²) in [5.41, 5.74) is -0.0888.